The van der Waals surface area contributed by atoms with Gasteiger partial charge in [-0.1, -0.05) is 42.5 Å². The molecule has 3 aromatic rings. The van der Waals surface area contributed by atoms with E-state index in [2.05, 4.69) is 39.5 Å². The van der Waals surface area contributed by atoms with Crippen molar-refractivity contribution < 1.29 is 9.36 Å². The van der Waals surface area contributed by atoms with Gasteiger partial charge < -0.3 is 4.90 Å². The molecule has 140 valence electrons. The van der Waals surface area contributed by atoms with Crippen molar-refractivity contribution in [1.29, 1.82) is 0 Å². The normalized spacial score (nSPS) is 18.2. The lowest BCUT2D eigenvalue weighted by molar-refractivity contribution is -0.552. The maximum absolute atomic E-state index is 12.9. The number of aromatic nitrogens is 2. The van der Waals surface area contributed by atoms with Gasteiger partial charge >= 0.3 is 11.7 Å². The molecule has 0 bridgehead atoms. The van der Waals surface area contributed by atoms with Crippen molar-refractivity contribution in [3.63, 3.8) is 0 Å². The predicted octanol–water partition coefficient (Wildman–Crippen LogP) is 3.31. The zero-order valence-corrected chi connectivity index (χ0v) is 15.7. The van der Waals surface area contributed by atoms with Crippen molar-refractivity contribution in [3.05, 3.63) is 72.6 Å². The Kier molecular flexibility index (Phi) is 4.28. The largest absolute Gasteiger partial charge is 0.372 e. The maximum Gasteiger partial charge on any atom is 0.359 e. The van der Waals surface area contributed by atoms with Gasteiger partial charge in [0.2, 0.25) is 0 Å². The van der Waals surface area contributed by atoms with Gasteiger partial charge in [0, 0.05) is 30.8 Å². The highest BCUT2D eigenvalue weighted by molar-refractivity contribution is 5.82. The maximum atomic E-state index is 12.9. The minimum atomic E-state index is -0.253. The third-order valence-corrected chi connectivity index (χ3v) is 5.61. The van der Waals surface area contributed by atoms with Crippen molar-refractivity contribution in [2.45, 2.75) is 25.3 Å². The van der Waals surface area contributed by atoms with E-state index in [0.29, 0.717) is 6.42 Å². The molecule has 28 heavy (non-hydrogen) atoms. The molecule has 5 rings (SSSR count). The molecule has 5 heteroatoms. The van der Waals surface area contributed by atoms with Crippen LogP contribution in [0, 0.1) is 0 Å². The number of rotatable bonds is 4. The van der Waals surface area contributed by atoms with Gasteiger partial charge in [0.05, 0.1) is 0 Å². The van der Waals surface area contributed by atoms with E-state index in [1.165, 1.54) is 18.5 Å². The van der Waals surface area contributed by atoms with Crippen LogP contribution in [0.4, 0.5) is 11.5 Å². The van der Waals surface area contributed by atoms with Crippen LogP contribution in [0.25, 0.3) is 11.3 Å². The van der Waals surface area contributed by atoms with Crippen molar-refractivity contribution in [2.24, 2.45) is 0 Å². The van der Waals surface area contributed by atoms with Gasteiger partial charge in [-0.3, -0.25) is 5.32 Å². The number of fused-ring (bicyclic) bond motifs is 1. The van der Waals surface area contributed by atoms with Crippen LogP contribution in [0.1, 0.15) is 23.2 Å². The summed E-state index contributed by atoms with van der Waals surface area (Å²) in [5.74, 6) is 0.819. The van der Waals surface area contributed by atoms with Crippen molar-refractivity contribution in [2.75, 3.05) is 23.3 Å². The van der Waals surface area contributed by atoms with Crippen LogP contribution < -0.4 is 14.8 Å². The first-order valence-electron chi connectivity index (χ1n) is 9.90. The second-order valence-electron chi connectivity index (χ2n) is 7.49. The highest BCUT2D eigenvalue weighted by atomic mass is 16.2. The summed E-state index contributed by atoms with van der Waals surface area (Å²) in [6, 6.07) is 18.3. The third-order valence-electron chi connectivity index (χ3n) is 5.61. The van der Waals surface area contributed by atoms with Gasteiger partial charge in [-0.2, -0.15) is 4.57 Å². The molecule has 1 atom stereocenters. The lowest BCUT2D eigenvalue weighted by Gasteiger charge is -2.17. The first-order chi connectivity index (χ1) is 13.8. The van der Waals surface area contributed by atoms with Crippen molar-refractivity contribution >= 4 is 17.4 Å². The fourth-order valence-corrected chi connectivity index (χ4v) is 4.07. The predicted molar refractivity (Wildman–Crippen MR) is 109 cm³/mol. The summed E-state index contributed by atoms with van der Waals surface area (Å²) in [5, 5.41) is 3.30. The standard InChI is InChI=1S/C23H22N4O/c28-23-20(14-17-6-2-1-3-7-17)25-22-15-24-21(16-27(22)23)18-8-10-19(11-9-18)26-12-4-5-13-26/h1-3,6-11,15-16,20H,4-5,12-14H2/p+1. The fraction of sp³-hybridized carbons (Fsp3) is 0.261. The number of hydrogen-bond acceptors (Lipinski definition) is 4. The molecule has 0 radical (unpaired) electrons. The minimum Gasteiger partial charge on any atom is -0.372 e. The van der Waals surface area contributed by atoms with E-state index in [-0.39, 0.29) is 11.9 Å². The molecule has 1 fully saturated rings. The molecule has 0 spiro atoms. The van der Waals surface area contributed by atoms with Gasteiger partial charge in [0.1, 0.15) is 18.1 Å². The topological polar surface area (TPSA) is 49.1 Å². The molecule has 1 saturated heterocycles. The first-order valence-corrected chi connectivity index (χ1v) is 9.90. The number of carbonyl (C=O) groups is 1. The van der Waals surface area contributed by atoms with Crippen molar-refractivity contribution in [3.8, 4) is 11.3 Å². The van der Waals surface area contributed by atoms with E-state index in [4.69, 9.17) is 0 Å². The summed E-state index contributed by atoms with van der Waals surface area (Å²) < 4.78 is 1.70. The zero-order valence-electron chi connectivity index (χ0n) is 15.7. The van der Waals surface area contributed by atoms with E-state index in [1.807, 2.05) is 36.5 Å². The average Bonchev–Trinajstić information content (AvgIpc) is 3.38. The van der Waals surface area contributed by atoms with Gasteiger partial charge in [-0.25, -0.2) is 9.78 Å². The molecule has 2 aliphatic rings. The molecule has 1 N–H and O–H groups in total. The summed E-state index contributed by atoms with van der Waals surface area (Å²) in [7, 11) is 0. The van der Waals surface area contributed by atoms with E-state index < -0.39 is 0 Å². The highest BCUT2D eigenvalue weighted by Crippen LogP contribution is 2.25. The van der Waals surface area contributed by atoms with Crippen LogP contribution >= 0.6 is 0 Å². The number of nitrogens with one attached hydrogen (secondary N) is 1. The SMILES string of the molecule is O=C1C(Cc2ccccc2)Nc2cnc(-c3ccc(N4CCCC4)cc3)c[n+]21. The smallest absolute Gasteiger partial charge is 0.359 e. The molecule has 2 aromatic carbocycles. The summed E-state index contributed by atoms with van der Waals surface area (Å²) in [4.78, 5) is 19.9. The lowest BCUT2D eigenvalue weighted by Crippen LogP contribution is -2.43. The number of benzene rings is 2. The number of carbonyl (C=O) groups excluding carboxylic acids is 1. The third kappa shape index (κ3) is 3.13. The molecular weight excluding hydrogens is 348 g/mol. The van der Waals surface area contributed by atoms with Gasteiger partial charge in [0.15, 0.2) is 6.04 Å². The number of anilines is 2. The summed E-state index contributed by atoms with van der Waals surface area (Å²) in [6.45, 7) is 2.27. The molecule has 0 saturated carbocycles. The fourth-order valence-electron chi connectivity index (χ4n) is 4.07. The highest BCUT2D eigenvalue weighted by Gasteiger charge is 2.38. The molecule has 0 aliphatic carbocycles. The Morgan fingerprint density at radius 2 is 1.79 bits per heavy atom. The second-order valence-corrected chi connectivity index (χ2v) is 7.49. The molecule has 3 heterocycles. The van der Waals surface area contributed by atoms with Crippen LogP contribution in [0.15, 0.2) is 67.0 Å². The van der Waals surface area contributed by atoms with Crippen molar-refractivity contribution in [1.82, 2.24) is 4.98 Å². The van der Waals surface area contributed by atoms with Crippen LogP contribution in [0.3, 0.4) is 0 Å². The van der Waals surface area contributed by atoms with E-state index in [9.17, 15) is 4.79 Å². The second kappa shape index (κ2) is 7.08. The molecule has 5 nitrogen and oxygen atoms in total. The summed E-state index contributed by atoms with van der Waals surface area (Å²) >= 11 is 0. The van der Waals surface area contributed by atoms with Crippen LogP contribution in [-0.4, -0.2) is 30.0 Å². The Balaban J connectivity index is 1.36. The molecule has 1 unspecified atom stereocenters. The minimum absolute atomic E-state index is 0.0659. The van der Waals surface area contributed by atoms with Gasteiger partial charge in [0.25, 0.3) is 0 Å². The van der Waals surface area contributed by atoms with Crippen LogP contribution in [0.5, 0.6) is 0 Å². The van der Waals surface area contributed by atoms with E-state index >= 15 is 0 Å². The van der Waals surface area contributed by atoms with E-state index in [0.717, 1.165) is 35.7 Å². The Labute approximate surface area is 164 Å². The molecule has 0 amide bonds. The summed E-state index contributed by atoms with van der Waals surface area (Å²) in [6.07, 6.45) is 6.81. The van der Waals surface area contributed by atoms with Gasteiger partial charge in [-0.05, 0) is 30.5 Å². The summed E-state index contributed by atoms with van der Waals surface area (Å²) in [5.41, 5.74) is 4.24. The Bertz CT molecular complexity index is 995. The Hall–Kier alpha value is -3.21. The quantitative estimate of drug-likeness (QED) is 0.715. The molecule has 2 aliphatic heterocycles. The first kappa shape index (κ1) is 16.9. The average molecular weight is 371 g/mol. The molecule has 1 aromatic heterocycles. The number of hydrogen-bond donors (Lipinski definition) is 1. The van der Waals surface area contributed by atoms with E-state index in [1.54, 1.807) is 10.8 Å². The van der Waals surface area contributed by atoms with Gasteiger partial charge in [-0.15, -0.1) is 0 Å². The Morgan fingerprint density at radius 1 is 1.04 bits per heavy atom. The number of nitrogens with zero attached hydrogens (tertiary/aromatic N) is 3. The van der Waals surface area contributed by atoms with Crippen LogP contribution in [0.2, 0.25) is 0 Å². The van der Waals surface area contributed by atoms with Crippen LogP contribution in [-0.2, 0) is 6.42 Å². The Morgan fingerprint density at radius 3 is 2.54 bits per heavy atom. The molecular formula is C23H23N4O+. The lowest BCUT2D eigenvalue weighted by atomic mass is 10.1. The zero-order chi connectivity index (χ0) is 18.9. The monoisotopic (exact) mass is 371 g/mol.